The lowest BCUT2D eigenvalue weighted by Crippen LogP contribution is -2.32. The number of amides is 2. The van der Waals surface area contributed by atoms with Gasteiger partial charge in [-0.25, -0.2) is 0 Å². The Bertz CT molecular complexity index is 745. The third-order valence-electron chi connectivity index (χ3n) is 4.41. The molecule has 0 heterocycles. The smallest absolute Gasteiger partial charge is 0.255 e. The molecule has 0 radical (unpaired) electrons. The molecule has 0 aliphatic carbocycles. The number of rotatable bonds is 7. The zero-order valence-electron chi connectivity index (χ0n) is 15.9. The standard InChI is InChI=1S/C21H27N3O2/c1-5-24(6-2)14-19(25)22-18-12-10-17(11-13-18)21(26)23-20-15(3)8-7-9-16(20)4/h7-13H,5-6,14H2,1-4H3,(H,22,25)(H,23,26). The van der Waals surface area contributed by atoms with Crippen LogP contribution in [0.5, 0.6) is 0 Å². The molecular weight excluding hydrogens is 326 g/mol. The highest BCUT2D eigenvalue weighted by atomic mass is 16.2. The van der Waals surface area contributed by atoms with Gasteiger partial charge in [0.25, 0.3) is 5.91 Å². The molecule has 0 atom stereocenters. The van der Waals surface area contributed by atoms with Crippen LogP contribution < -0.4 is 10.6 Å². The van der Waals surface area contributed by atoms with Crippen LogP contribution in [0.2, 0.25) is 0 Å². The SMILES string of the molecule is CCN(CC)CC(=O)Nc1ccc(C(=O)Nc2c(C)cccc2C)cc1. The summed E-state index contributed by atoms with van der Waals surface area (Å²) in [6.45, 7) is 10.0. The number of aryl methyl sites for hydroxylation is 2. The van der Waals surface area contributed by atoms with Crippen molar-refractivity contribution in [1.82, 2.24) is 4.90 Å². The van der Waals surface area contributed by atoms with E-state index < -0.39 is 0 Å². The second-order valence-electron chi connectivity index (χ2n) is 6.31. The van der Waals surface area contributed by atoms with Gasteiger partial charge < -0.3 is 10.6 Å². The number of carbonyl (C=O) groups excluding carboxylic acids is 2. The summed E-state index contributed by atoms with van der Waals surface area (Å²) in [4.78, 5) is 26.6. The molecule has 26 heavy (non-hydrogen) atoms. The number of likely N-dealkylation sites (N-methyl/N-ethyl adjacent to an activating group) is 1. The van der Waals surface area contributed by atoms with Crippen molar-refractivity contribution >= 4 is 23.2 Å². The van der Waals surface area contributed by atoms with E-state index in [4.69, 9.17) is 0 Å². The van der Waals surface area contributed by atoms with E-state index in [1.165, 1.54) is 0 Å². The highest BCUT2D eigenvalue weighted by Gasteiger charge is 2.11. The first kappa shape index (κ1) is 19.7. The molecule has 0 bridgehead atoms. The van der Waals surface area contributed by atoms with E-state index in [1.54, 1.807) is 24.3 Å². The highest BCUT2D eigenvalue weighted by molar-refractivity contribution is 6.05. The minimum Gasteiger partial charge on any atom is -0.325 e. The van der Waals surface area contributed by atoms with Crippen LogP contribution in [0.15, 0.2) is 42.5 Å². The molecule has 0 unspecified atom stereocenters. The van der Waals surface area contributed by atoms with Crippen LogP contribution in [0.25, 0.3) is 0 Å². The minimum absolute atomic E-state index is 0.0542. The van der Waals surface area contributed by atoms with Crippen molar-refractivity contribution in [2.45, 2.75) is 27.7 Å². The van der Waals surface area contributed by atoms with Crippen LogP contribution in [0.3, 0.4) is 0 Å². The Morgan fingerprint density at radius 1 is 0.885 bits per heavy atom. The van der Waals surface area contributed by atoms with Gasteiger partial charge in [0.1, 0.15) is 0 Å². The Balaban J connectivity index is 2.00. The molecule has 0 aliphatic rings. The molecule has 0 saturated heterocycles. The maximum absolute atomic E-state index is 12.5. The largest absolute Gasteiger partial charge is 0.325 e. The van der Waals surface area contributed by atoms with Crippen molar-refractivity contribution in [2.75, 3.05) is 30.3 Å². The Labute approximate surface area is 155 Å². The predicted octanol–water partition coefficient (Wildman–Crippen LogP) is 3.84. The van der Waals surface area contributed by atoms with E-state index in [1.807, 2.05) is 50.8 Å². The first-order valence-corrected chi connectivity index (χ1v) is 8.94. The summed E-state index contributed by atoms with van der Waals surface area (Å²) in [7, 11) is 0. The van der Waals surface area contributed by atoms with Crippen LogP contribution in [-0.2, 0) is 4.79 Å². The average molecular weight is 353 g/mol. The molecule has 2 aromatic carbocycles. The topological polar surface area (TPSA) is 61.4 Å². The maximum Gasteiger partial charge on any atom is 0.255 e. The van der Waals surface area contributed by atoms with Gasteiger partial charge in [-0.2, -0.15) is 0 Å². The normalized spacial score (nSPS) is 10.7. The van der Waals surface area contributed by atoms with E-state index in [2.05, 4.69) is 10.6 Å². The summed E-state index contributed by atoms with van der Waals surface area (Å²) in [6.07, 6.45) is 0. The number of hydrogen-bond acceptors (Lipinski definition) is 3. The van der Waals surface area contributed by atoms with Crippen molar-refractivity contribution in [2.24, 2.45) is 0 Å². The van der Waals surface area contributed by atoms with Gasteiger partial charge in [-0.05, 0) is 62.3 Å². The summed E-state index contributed by atoms with van der Waals surface area (Å²) in [5.41, 5.74) is 4.13. The number of hydrogen-bond donors (Lipinski definition) is 2. The zero-order chi connectivity index (χ0) is 19.1. The van der Waals surface area contributed by atoms with Gasteiger partial charge >= 0.3 is 0 Å². The van der Waals surface area contributed by atoms with Crippen molar-refractivity contribution in [3.63, 3.8) is 0 Å². The fraction of sp³-hybridized carbons (Fsp3) is 0.333. The lowest BCUT2D eigenvalue weighted by Gasteiger charge is -2.17. The summed E-state index contributed by atoms with van der Waals surface area (Å²) in [5, 5.41) is 5.83. The average Bonchev–Trinajstić information content (AvgIpc) is 2.63. The Hall–Kier alpha value is -2.66. The fourth-order valence-electron chi connectivity index (χ4n) is 2.75. The molecular formula is C21H27N3O2. The summed E-state index contributed by atoms with van der Waals surface area (Å²) >= 11 is 0. The first-order valence-electron chi connectivity index (χ1n) is 8.94. The van der Waals surface area contributed by atoms with Crippen LogP contribution in [0.4, 0.5) is 11.4 Å². The number of benzene rings is 2. The van der Waals surface area contributed by atoms with E-state index in [-0.39, 0.29) is 11.8 Å². The van der Waals surface area contributed by atoms with Crippen LogP contribution in [0, 0.1) is 13.8 Å². The molecule has 2 rings (SSSR count). The molecule has 5 heteroatoms. The summed E-state index contributed by atoms with van der Waals surface area (Å²) < 4.78 is 0. The Morgan fingerprint density at radius 3 is 2.00 bits per heavy atom. The third kappa shape index (κ3) is 5.17. The van der Waals surface area contributed by atoms with Crippen molar-refractivity contribution in [3.8, 4) is 0 Å². The van der Waals surface area contributed by atoms with Gasteiger partial charge in [0.05, 0.1) is 6.54 Å². The van der Waals surface area contributed by atoms with Gasteiger partial charge in [0.15, 0.2) is 0 Å². The number of para-hydroxylation sites is 1. The molecule has 0 aromatic heterocycles. The predicted molar refractivity (Wildman–Crippen MR) is 107 cm³/mol. The van der Waals surface area contributed by atoms with Gasteiger partial charge in [-0.3, -0.25) is 14.5 Å². The molecule has 5 nitrogen and oxygen atoms in total. The quantitative estimate of drug-likeness (QED) is 0.795. The van der Waals surface area contributed by atoms with Crippen LogP contribution in [-0.4, -0.2) is 36.3 Å². The molecule has 138 valence electrons. The van der Waals surface area contributed by atoms with E-state index in [0.29, 0.717) is 17.8 Å². The number of carbonyl (C=O) groups is 2. The first-order chi connectivity index (χ1) is 12.4. The summed E-state index contributed by atoms with van der Waals surface area (Å²) in [6, 6.07) is 12.8. The molecule has 2 amide bonds. The third-order valence-corrected chi connectivity index (χ3v) is 4.41. The molecule has 0 saturated carbocycles. The fourth-order valence-corrected chi connectivity index (χ4v) is 2.75. The lowest BCUT2D eigenvalue weighted by atomic mass is 10.1. The van der Waals surface area contributed by atoms with Gasteiger partial charge in [-0.15, -0.1) is 0 Å². The molecule has 0 fully saturated rings. The highest BCUT2D eigenvalue weighted by Crippen LogP contribution is 2.20. The second kappa shape index (κ2) is 9.15. The Kier molecular flexibility index (Phi) is 6.92. The zero-order valence-corrected chi connectivity index (χ0v) is 15.9. The molecule has 0 aliphatic heterocycles. The molecule has 0 spiro atoms. The second-order valence-corrected chi connectivity index (χ2v) is 6.31. The lowest BCUT2D eigenvalue weighted by molar-refractivity contribution is -0.117. The van der Waals surface area contributed by atoms with Crippen LogP contribution in [0.1, 0.15) is 35.3 Å². The van der Waals surface area contributed by atoms with Gasteiger partial charge in [0.2, 0.25) is 5.91 Å². The van der Waals surface area contributed by atoms with E-state index in [9.17, 15) is 9.59 Å². The maximum atomic E-state index is 12.5. The number of nitrogens with one attached hydrogen (secondary N) is 2. The van der Waals surface area contributed by atoms with Crippen molar-refractivity contribution in [1.29, 1.82) is 0 Å². The van der Waals surface area contributed by atoms with Gasteiger partial charge in [0, 0.05) is 16.9 Å². The molecule has 2 N–H and O–H groups in total. The van der Waals surface area contributed by atoms with E-state index >= 15 is 0 Å². The monoisotopic (exact) mass is 353 g/mol. The van der Waals surface area contributed by atoms with Crippen molar-refractivity contribution < 1.29 is 9.59 Å². The Morgan fingerprint density at radius 2 is 1.46 bits per heavy atom. The summed E-state index contributed by atoms with van der Waals surface area (Å²) in [5.74, 6) is -0.218. The van der Waals surface area contributed by atoms with Crippen LogP contribution >= 0.6 is 0 Å². The van der Waals surface area contributed by atoms with Crippen molar-refractivity contribution in [3.05, 3.63) is 59.2 Å². The number of anilines is 2. The molecule has 2 aromatic rings. The number of nitrogens with zero attached hydrogens (tertiary/aromatic N) is 1. The van der Waals surface area contributed by atoms with E-state index in [0.717, 1.165) is 29.9 Å². The minimum atomic E-state index is -0.164. The van der Waals surface area contributed by atoms with Gasteiger partial charge in [-0.1, -0.05) is 32.0 Å².